The van der Waals surface area contributed by atoms with E-state index in [-0.39, 0.29) is 0 Å². The second-order valence-electron chi connectivity index (χ2n) is 2.31. The minimum atomic E-state index is 0.387. The normalized spacial score (nSPS) is 10.7. The van der Waals surface area contributed by atoms with Crippen LogP contribution in [0, 0.1) is 0 Å². The second-order valence-corrected chi connectivity index (χ2v) is 2.31. The van der Waals surface area contributed by atoms with Gasteiger partial charge in [-0.2, -0.15) is 4.68 Å². The monoisotopic (exact) mass is 127 g/mol. The Morgan fingerprint density at radius 3 is 2.44 bits per heavy atom. The molecule has 0 spiro atoms. The summed E-state index contributed by atoms with van der Waals surface area (Å²) >= 11 is 0. The first-order chi connectivity index (χ1) is 4.22. The Morgan fingerprint density at radius 1 is 1.56 bits per heavy atom. The van der Waals surface area contributed by atoms with Gasteiger partial charge in [0, 0.05) is 0 Å². The number of aryl methyl sites for hydroxylation is 1. The van der Waals surface area contributed by atoms with Crippen molar-refractivity contribution in [2.45, 2.75) is 19.9 Å². The molecular formula is C5H11N4+. The molecule has 1 rings (SSSR count). The van der Waals surface area contributed by atoms with Gasteiger partial charge in [0.15, 0.2) is 5.21 Å². The van der Waals surface area contributed by atoms with Gasteiger partial charge in [0.2, 0.25) is 0 Å². The molecule has 4 nitrogen and oxygen atoms in total. The molecule has 1 aromatic heterocycles. The van der Waals surface area contributed by atoms with Gasteiger partial charge in [-0.15, -0.1) is 0 Å². The van der Waals surface area contributed by atoms with Crippen molar-refractivity contribution in [3.8, 4) is 0 Å². The molecule has 0 atom stereocenters. The molecule has 9 heavy (non-hydrogen) atoms. The molecule has 0 unspecified atom stereocenters. The Balaban J connectivity index is 2.94. The zero-order chi connectivity index (χ0) is 6.85. The highest BCUT2D eigenvalue weighted by Gasteiger charge is 2.07. The van der Waals surface area contributed by atoms with E-state index in [2.05, 4.69) is 24.2 Å². The maximum absolute atomic E-state index is 3.84. The molecule has 0 saturated carbocycles. The van der Waals surface area contributed by atoms with E-state index in [1.54, 1.807) is 11.1 Å². The van der Waals surface area contributed by atoms with Crippen molar-refractivity contribution in [1.29, 1.82) is 0 Å². The number of tetrazole rings is 1. The van der Waals surface area contributed by atoms with Crippen molar-refractivity contribution >= 4 is 0 Å². The molecule has 50 valence electrons. The van der Waals surface area contributed by atoms with Crippen LogP contribution in [0.1, 0.15) is 19.9 Å². The number of nitrogens with zero attached hydrogens (tertiary/aromatic N) is 4. The van der Waals surface area contributed by atoms with Gasteiger partial charge in [-0.1, -0.05) is 4.80 Å². The SMILES string of the molecule is CC(C)n1nnc[n+]1C. The predicted octanol–water partition coefficient (Wildman–Crippen LogP) is -0.317. The maximum atomic E-state index is 3.84. The molecule has 0 aliphatic rings. The van der Waals surface area contributed by atoms with Crippen LogP contribution in [0.4, 0.5) is 0 Å². The molecule has 0 N–H and O–H groups in total. The van der Waals surface area contributed by atoms with E-state index in [1.807, 2.05) is 11.7 Å². The third-order valence-corrected chi connectivity index (χ3v) is 1.15. The highest BCUT2D eigenvalue weighted by Crippen LogP contribution is 1.92. The van der Waals surface area contributed by atoms with Gasteiger partial charge in [0.25, 0.3) is 6.33 Å². The van der Waals surface area contributed by atoms with Crippen molar-refractivity contribution in [2.75, 3.05) is 0 Å². The van der Waals surface area contributed by atoms with Crippen molar-refractivity contribution < 1.29 is 4.68 Å². The average Bonchev–Trinajstić information content (AvgIpc) is 2.13. The lowest BCUT2D eigenvalue weighted by Gasteiger charge is -1.98. The Hall–Kier alpha value is -0.930. The summed E-state index contributed by atoms with van der Waals surface area (Å²) in [6.07, 6.45) is 1.68. The summed E-state index contributed by atoms with van der Waals surface area (Å²) in [5, 5.41) is 7.56. The largest absolute Gasteiger partial charge is 0.288 e. The van der Waals surface area contributed by atoms with Gasteiger partial charge in [-0.3, -0.25) is 0 Å². The molecule has 0 aromatic carbocycles. The van der Waals surface area contributed by atoms with Crippen LogP contribution in [-0.2, 0) is 7.05 Å². The van der Waals surface area contributed by atoms with Gasteiger partial charge < -0.3 is 0 Å². The number of aromatic nitrogens is 4. The first-order valence-electron chi connectivity index (χ1n) is 2.98. The molecule has 0 aliphatic carbocycles. The Labute approximate surface area is 54.1 Å². The van der Waals surface area contributed by atoms with Crippen molar-refractivity contribution in [3.05, 3.63) is 6.33 Å². The minimum absolute atomic E-state index is 0.387. The molecule has 1 heterocycles. The lowest BCUT2D eigenvalue weighted by atomic mass is 10.4. The van der Waals surface area contributed by atoms with Gasteiger partial charge >= 0.3 is 0 Å². The predicted molar refractivity (Wildman–Crippen MR) is 31.6 cm³/mol. The summed E-state index contributed by atoms with van der Waals surface area (Å²) < 4.78 is 1.85. The Morgan fingerprint density at radius 2 is 2.22 bits per heavy atom. The summed E-state index contributed by atoms with van der Waals surface area (Å²) in [4.78, 5) is 1.81. The van der Waals surface area contributed by atoms with Crippen LogP contribution in [0.15, 0.2) is 6.33 Å². The minimum Gasteiger partial charge on any atom is -0.165 e. The first-order valence-corrected chi connectivity index (χ1v) is 2.98. The zero-order valence-electron chi connectivity index (χ0n) is 5.94. The number of rotatable bonds is 1. The van der Waals surface area contributed by atoms with E-state index in [0.29, 0.717) is 6.04 Å². The maximum Gasteiger partial charge on any atom is 0.288 e. The van der Waals surface area contributed by atoms with Crippen LogP contribution in [0.25, 0.3) is 0 Å². The highest BCUT2D eigenvalue weighted by atomic mass is 15.6. The number of hydrogen-bond donors (Lipinski definition) is 0. The standard InChI is InChI=1S/C5H11N4/c1-5(2)9-7-6-4-8(9)3/h4-5H,1-3H3/q+1. The van der Waals surface area contributed by atoms with Gasteiger partial charge in [0.1, 0.15) is 5.10 Å². The van der Waals surface area contributed by atoms with Crippen LogP contribution >= 0.6 is 0 Å². The Kier molecular flexibility index (Phi) is 1.46. The molecule has 1 aromatic rings. The first kappa shape index (κ1) is 6.19. The Bertz CT molecular complexity index is 191. The van der Waals surface area contributed by atoms with Gasteiger partial charge in [-0.05, 0) is 13.8 Å². The average molecular weight is 127 g/mol. The third kappa shape index (κ3) is 1.06. The number of hydrogen-bond acceptors (Lipinski definition) is 2. The molecule has 0 saturated heterocycles. The van der Waals surface area contributed by atoms with Gasteiger partial charge in [0.05, 0.1) is 13.1 Å². The fourth-order valence-electron chi connectivity index (χ4n) is 0.734. The van der Waals surface area contributed by atoms with Crippen LogP contribution < -0.4 is 4.68 Å². The van der Waals surface area contributed by atoms with Gasteiger partial charge in [-0.25, -0.2) is 0 Å². The lowest BCUT2D eigenvalue weighted by molar-refractivity contribution is -0.761. The fraction of sp³-hybridized carbons (Fsp3) is 0.800. The fourth-order valence-corrected chi connectivity index (χ4v) is 0.734. The second kappa shape index (κ2) is 2.13. The molecule has 0 radical (unpaired) electrons. The highest BCUT2D eigenvalue weighted by molar-refractivity contribution is 4.36. The topological polar surface area (TPSA) is 34.6 Å². The van der Waals surface area contributed by atoms with Crippen molar-refractivity contribution in [1.82, 2.24) is 15.1 Å². The third-order valence-electron chi connectivity index (χ3n) is 1.15. The lowest BCUT2D eigenvalue weighted by Crippen LogP contribution is -2.39. The van der Waals surface area contributed by atoms with E-state index in [1.165, 1.54) is 0 Å². The zero-order valence-corrected chi connectivity index (χ0v) is 5.94. The van der Waals surface area contributed by atoms with Crippen LogP contribution in [0.3, 0.4) is 0 Å². The van der Waals surface area contributed by atoms with Crippen LogP contribution in [0.5, 0.6) is 0 Å². The summed E-state index contributed by atoms with van der Waals surface area (Å²) in [6.45, 7) is 4.13. The quantitative estimate of drug-likeness (QED) is 0.485. The van der Waals surface area contributed by atoms with Crippen molar-refractivity contribution in [2.24, 2.45) is 7.05 Å². The molecule has 0 aliphatic heterocycles. The van der Waals surface area contributed by atoms with E-state index < -0.39 is 0 Å². The molecule has 0 fully saturated rings. The molecule has 0 amide bonds. The van der Waals surface area contributed by atoms with Crippen LogP contribution in [-0.4, -0.2) is 15.1 Å². The van der Waals surface area contributed by atoms with Crippen LogP contribution in [0.2, 0.25) is 0 Å². The van der Waals surface area contributed by atoms with E-state index >= 15 is 0 Å². The summed E-state index contributed by atoms with van der Waals surface area (Å²) in [5.74, 6) is 0. The molecule has 0 bridgehead atoms. The molecule has 4 heteroatoms. The summed E-state index contributed by atoms with van der Waals surface area (Å²) in [6, 6.07) is 0.387. The van der Waals surface area contributed by atoms with E-state index in [9.17, 15) is 0 Å². The smallest absolute Gasteiger partial charge is 0.165 e. The summed E-state index contributed by atoms with van der Waals surface area (Å²) in [5.41, 5.74) is 0. The van der Waals surface area contributed by atoms with Crippen molar-refractivity contribution in [3.63, 3.8) is 0 Å². The van der Waals surface area contributed by atoms with E-state index in [4.69, 9.17) is 0 Å². The molecular weight excluding hydrogens is 116 g/mol. The summed E-state index contributed by atoms with van der Waals surface area (Å²) in [7, 11) is 1.92. The van der Waals surface area contributed by atoms with E-state index in [0.717, 1.165) is 0 Å².